The van der Waals surface area contributed by atoms with Crippen molar-refractivity contribution in [2.75, 3.05) is 19.8 Å². The monoisotopic (exact) mass is 195 g/mol. The summed E-state index contributed by atoms with van der Waals surface area (Å²) in [7, 11) is 0. The number of ether oxygens (including phenoxy) is 2. The Morgan fingerprint density at radius 3 is 2.46 bits per heavy atom. The molecule has 3 nitrogen and oxygen atoms in total. The molecule has 74 valence electrons. The molecule has 0 aromatic carbocycles. The Kier molecular flexibility index (Phi) is 3.12. The van der Waals surface area contributed by atoms with Crippen LogP contribution in [0, 0.1) is 17.2 Å². The zero-order valence-corrected chi connectivity index (χ0v) is 6.67. The molecule has 1 fully saturated rings. The maximum absolute atomic E-state index is 12.0. The molecule has 1 atom stereocenters. The first-order valence-electron chi connectivity index (χ1n) is 3.69. The molecule has 0 saturated carbocycles. The average molecular weight is 195 g/mol. The smallest absolute Gasteiger partial charge is 0.376 e. The van der Waals surface area contributed by atoms with Crippen LogP contribution in [0.3, 0.4) is 0 Å². The Morgan fingerprint density at radius 2 is 2.15 bits per heavy atom. The first-order valence-corrected chi connectivity index (χ1v) is 3.69. The van der Waals surface area contributed by atoms with E-state index in [4.69, 9.17) is 14.7 Å². The summed E-state index contributed by atoms with van der Waals surface area (Å²) in [6, 6.07) is 1.15. The van der Waals surface area contributed by atoms with Crippen LogP contribution in [0.1, 0.15) is 0 Å². The number of rotatable bonds is 3. The van der Waals surface area contributed by atoms with Crippen molar-refractivity contribution < 1.29 is 22.6 Å². The van der Waals surface area contributed by atoms with E-state index in [1.807, 2.05) is 0 Å². The summed E-state index contributed by atoms with van der Waals surface area (Å²) in [5.74, 6) is -2.03. The van der Waals surface area contributed by atoms with Crippen LogP contribution in [-0.2, 0) is 9.47 Å². The Morgan fingerprint density at radius 1 is 1.54 bits per heavy atom. The molecule has 0 aromatic rings. The maximum Gasteiger partial charge on any atom is 0.406 e. The number of hydrogen-bond donors (Lipinski definition) is 0. The van der Waals surface area contributed by atoms with Crippen LogP contribution in [0.5, 0.6) is 0 Å². The highest BCUT2D eigenvalue weighted by Crippen LogP contribution is 2.26. The number of nitriles is 1. The van der Waals surface area contributed by atoms with Crippen LogP contribution >= 0.6 is 0 Å². The predicted molar refractivity (Wildman–Crippen MR) is 35.7 cm³/mol. The van der Waals surface area contributed by atoms with Crippen molar-refractivity contribution in [3.05, 3.63) is 0 Å². The van der Waals surface area contributed by atoms with E-state index < -0.39 is 18.7 Å². The van der Waals surface area contributed by atoms with Gasteiger partial charge in [-0.15, -0.1) is 0 Å². The molecule has 1 saturated heterocycles. The fraction of sp³-hybridized carbons (Fsp3) is 0.857. The van der Waals surface area contributed by atoms with Gasteiger partial charge in [0.05, 0.1) is 25.9 Å². The lowest BCUT2D eigenvalue weighted by atomic mass is 10.2. The molecule has 0 spiro atoms. The highest BCUT2D eigenvalue weighted by molar-refractivity contribution is 4.88. The third-order valence-corrected chi connectivity index (χ3v) is 1.66. The van der Waals surface area contributed by atoms with Crippen molar-refractivity contribution in [2.45, 2.75) is 12.3 Å². The van der Waals surface area contributed by atoms with E-state index in [1.54, 1.807) is 0 Å². The van der Waals surface area contributed by atoms with E-state index in [-0.39, 0.29) is 6.10 Å². The second-order valence-corrected chi connectivity index (χ2v) is 2.72. The van der Waals surface area contributed by atoms with Gasteiger partial charge in [0.25, 0.3) is 0 Å². The van der Waals surface area contributed by atoms with Crippen molar-refractivity contribution in [3.63, 3.8) is 0 Å². The highest BCUT2D eigenvalue weighted by atomic mass is 19.4. The summed E-state index contributed by atoms with van der Waals surface area (Å²) in [6.07, 6.45) is -4.78. The van der Waals surface area contributed by atoms with Gasteiger partial charge in [-0.05, 0) is 0 Å². The molecule has 6 heteroatoms. The number of nitrogens with zero attached hydrogens (tertiary/aromatic N) is 1. The minimum absolute atomic E-state index is 0.279. The molecule has 0 aliphatic carbocycles. The lowest BCUT2D eigenvalue weighted by Crippen LogP contribution is -2.39. The van der Waals surface area contributed by atoms with Crippen molar-refractivity contribution in [3.8, 4) is 6.07 Å². The molecule has 1 aliphatic heterocycles. The Labute approximate surface area is 73.0 Å². The molecule has 0 aromatic heterocycles. The van der Waals surface area contributed by atoms with E-state index in [1.165, 1.54) is 0 Å². The van der Waals surface area contributed by atoms with Crippen LogP contribution in [0.4, 0.5) is 13.2 Å². The molecule has 13 heavy (non-hydrogen) atoms. The van der Waals surface area contributed by atoms with Crippen LogP contribution < -0.4 is 0 Å². The normalized spacial score (nSPS) is 20.5. The second-order valence-electron chi connectivity index (χ2n) is 2.72. The molecule has 0 radical (unpaired) electrons. The lowest BCUT2D eigenvalue weighted by molar-refractivity contribution is -0.194. The topological polar surface area (TPSA) is 42.2 Å². The maximum atomic E-state index is 12.0. The standard InChI is InChI=1S/C7H8F3NO2/c8-7(9,10)5(1-11)2-13-6-3-12-4-6/h5-6H,2-4H2. The van der Waals surface area contributed by atoms with Gasteiger partial charge in [0, 0.05) is 0 Å². The first-order chi connectivity index (χ1) is 6.04. The van der Waals surface area contributed by atoms with Gasteiger partial charge in [-0.3, -0.25) is 0 Å². The lowest BCUT2D eigenvalue weighted by Gasteiger charge is -2.27. The average Bonchev–Trinajstić information content (AvgIpc) is 1.91. The molecular formula is C7H8F3NO2. The van der Waals surface area contributed by atoms with Crippen molar-refractivity contribution in [2.24, 2.45) is 5.92 Å². The van der Waals surface area contributed by atoms with Gasteiger partial charge >= 0.3 is 6.18 Å². The highest BCUT2D eigenvalue weighted by Gasteiger charge is 2.40. The van der Waals surface area contributed by atoms with Gasteiger partial charge in [-0.2, -0.15) is 18.4 Å². The summed E-state index contributed by atoms with van der Waals surface area (Å²) in [5.41, 5.74) is 0. The van der Waals surface area contributed by atoms with E-state index in [9.17, 15) is 13.2 Å². The van der Waals surface area contributed by atoms with Gasteiger partial charge in [0.15, 0.2) is 5.92 Å². The molecule has 1 aliphatic rings. The van der Waals surface area contributed by atoms with Crippen LogP contribution in [0.15, 0.2) is 0 Å². The van der Waals surface area contributed by atoms with Crippen molar-refractivity contribution in [1.29, 1.82) is 5.26 Å². The van der Waals surface area contributed by atoms with Gasteiger partial charge in [-0.1, -0.05) is 0 Å². The molecule has 1 unspecified atom stereocenters. The van der Waals surface area contributed by atoms with Crippen LogP contribution in [-0.4, -0.2) is 32.1 Å². The van der Waals surface area contributed by atoms with Gasteiger partial charge in [0.2, 0.25) is 0 Å². The molecule has 0 amide bonds. The van der Waals surface area contributed by atoms with Crippen molar-refractivity contribution >= 4 is 0 Å². The summed E-state index contributed by atoms with van der Waals surface area (Å²) < 4.78 is 45.4. The third kappa shape index (κ3) is 2.86. The molecule has 0 bridgehead atoms. The SMILES string of the molecule is N#CC(COC1COC1)C(F)(F)F. The quantitative estimate of drug-likeness (QED) is 0.677. The second kappa shape index (κ2) is 3.94. The molecule has 1 rings (SSSR count). The summed E-state index contributed by atoms with van der Waals surface area (Å²) in [4.78, 5) is 0. The first kappa shape index (κ1) is 10.3. The van der Waals surface area contributed by atoms with Crippen LogP contribution in [0.25, 0.3) is 0 Å². The summed E-state index contributed by atoms with van der Waals surface area (Å²) in [6.45, 7) is 0.0278. The Bertz CT molecular complexity index is 207. The molecule has 0 N–H and O–H groups in total. The van der Waals surface area contributed by atoms with Gasteiger partial charge in [-0.25, -0.2) is 0 Å². The van der Waals surface area contributed by atoms with Gasteiger partial charge < -0.3 is 9.47 Å². The largest absolute Gasteiger partial charge is 0.406 e. The Balaban J connectivity index is 2.28. The minimum Gasteiger partial charge on any atom is -0.376 e. The summed E-state index contributed by atoms with van der Waals surface area (Å²) in [5, 5.41) is 8.18. The van der Waals surface area contributed by atoms with E-state index in [2.05, 4.69) is 0 Å². The van der Waals surface area contributed by atoms with E-state index >= 15 is 0 Å². The third-order valence-electron chi connectivity index (χ3n) is 1.66. The number of alkyl halides is 3. The zero-order valence-electron chi connectivity index (χ0n) is 6.67. The van der Waals surface area contributed by atoms with E-state index in [0.29, 0.717) is 13.2 Å². The van der Waals surface area contributed by atoms with E-state index in [0.717, 1.165) is 6.07 Å². The Hall–Kier alpha value is -0.800. The summed E-state index contributed by atoms with van der Waals surface area (Å²) >= 11 is 0. The fourth-order valence-electron chi connectivity index (χ4n) is 0.748. The van der Waals surface area contributed by atoms with Gasteiger partial charge in [0.1, 0.15) is 6.10 Å². The van der Waals surface area contributed by atoms with Crippen LogP contribution in [0.2, 0.25) is 0 Å². The molecular weight excluding hydrogens is 187 g/mol. The molecule has 1 heterocycles. The zero-order chi connectivity index (χ0) is 9.90. The number of hydrogen-bond acceptors (Lipinski definition) is 3. The van der Waals surface area contributed by atoms with Crippen molar-refractivity contribution in [1.82, 2.24) is 0 Å². The minimum atomic E-state index is -4.50. The number of halogens is 3. The fourth-order valence-corrected chi connectivity index (χ4v) is 0.748. The predicted octanol–water partition coefficient (Wildman–Crippen LogP) is 1.10.